The Balaban J connectivity index is 2.10. The maximum atomic E-state index is 12.6. The highest BCUT2D eigenvalue weighted by atomic mass is 35.5. The van der Waals surface area contributed by atoms with Gasteiger partial charge in [0.25, 0.3) is 5.24 Å². The minimum Gasteiger partial charge on any atom is -0.482 e. The monoisotopic (exact) mass is 395 g/mol. The van der Waals surface area contributed by atoms with E-state index in [1.165, 1.54) is 6.92 Å². The van der Waals surface area contributed by atoms with E-state index in [1.54, 1.807) is 24.3 Å². The number of rotatable bonds is 5. The molecular weight excluding hydrogens is 386 g/mol. The highest BCUT2D eigenvalue weighted by molar-refractivity contribution is 7.99. The van der Waals surface area contributed by atoms with Crippen LogP contribution in [0.5, 0.6) is 5.75 Å². The first kappa shape index (κ1) is 18.9. The van der Waals surface area contributed by atoms with Crippen LogP contribution in [0.1, 0.15) is 12.5 Å². The lowest BCUT2D eigenvalue weighted by Gasteiger charge is -2.11. The van der Waals surface area contributed by atoms with Gasteiger partial charge in [0, 0.05) is 11.1 Å². The van der Waals surface area contributed by atoms with Gasteiger partial charge in [-0.2, -0.15) is 13.2 Å². The molecule has 24 heavy (non-hydrogen) atoms. The highest BCUT2D eigenvalue weighted by Crippen LogP contribution is 2.36. The summed E-state index contributed by atoms with van der Waals surface area (Å²) in [5, 5.41) is -0.451. The van der Waals surface area contributed by atoms with Gasteiger partial charge >= 0.3 is 6.18 Å². The number of hydrogen-bond acceptors (Lipinski definition) is 4. The number of pyridine rings is 1. The van der Waals surface area contributed by atoms with Crippen LogP contribution < -0.4 is 4.74 Å². The van der Waals surface area contributed by atoms with Gasteiger partial charge < -0.3 is 4.74 Å². The maximum absolute atomic E-state index is 12.6. The van der Waals surface area contributed by atoms with Crippen LogP contribution in [0.4, 0.5) is 13.2 Å². The Labute approximate surface area is 150 Å². The van der Waals surface area contributed by atoms with Crippen molar-refractivity contribution in [1.82, 2.24) is 4.98 Å². The minimum atomic E-state index is -4.49. The van der Waals surface area contributed by atoms with Crippen molar-refractivity contribution >= 4 is 40.2 Å². The van der Waals surface area contributed by atoms with Crippen molar-refractivity contribution in [2.75, 3.05) is 0 Å². The number of alkyl halides is 3. The fourth-order valence-corrected chi connectivity index (χ4v) is 2.69. The normalized spacial score (nSPS) is 12.8. The predicted molar refractivity (Wildman–Crippen MR) is 85.8 cm³/mol. The van der Waals surface area contributed by atoms with Crippen LogP contribution >= 0.6 is 35.0 Å². The number of benzene rings is 1. The van der Waals surface area contributed by atoms with Crippen LogP contribution in [0, 0.1) is 0 Å². The summed E-state index contributed by atoms with van der Waals surface area (Å²) in [6, 6.07) is 7.39. The second-order valence-corrected chi connectivity index (χ2v) is 6.49. The summed E-state index contributed by atoms with van der Waals surface area (Å²) in [5.74, 6) is 0.437. The highest BCUT2D eigenvalue weighted by Gasteiger charge is 2.31. The molecule has 1 aromatic carbocycles. The van der Waals surface area contributed by atoms with Crippen LogP contribution in [0.3, 0.4) is 0 Å². The van der Waals surface area contributed by atoms with E-state index in [-0.39, 0.29) is 10.0 Å². The lowest BCUT2D eigenvalue weighted by Crippen LogP contribution is -2.18. The molecule has 0 amide bonds. The molecule has 0 saturated heterocycles. The van der Waals surface area contributed by atoms with Crippen molar-refractivity contribution in [2.24, 2.45) is 0 Å². The zero-order chi connectivity index (χ0) is 17.9. The molecule has 0 radical (unpaired) electrons. The van der Waals surface area contributed by atoms with Crippen molar-refractivity contribution in [1.29, 1.82) is 0 Å². The SMILES string of the molecule is CC(Oc1ccc(Sc2ncc(C(F)(F)F)cc2Cl)cc1)C(=O)Cl. The van der Waals surface area contributed by atoms with Crippen molar-refractivity contribution < 1.29 is 22.7 Å². The molecule has 1 unspecified atom stereocenters. The molecule has 1 atom stereocenters. The first-order valence-electron chi connectivity index (χ1n) is 6.53. The summed E-state index contributed by atoms with van der Waals surface area (Å²) in [6.07, 6.45) is -4.54. The maximum Gasteiger partial charge on any atom is 0.417 e. The number of carbonyl (C=O) groups is 1. The van der Waals surface area contributed by atoms with Crippen molar-refractivity contribution in [2.45, 2.75) is 29.1 Å². The Kier molecular flexibility index (Phi) is 6.01. The standard InChI is InChI=1S/C15H10Cl2F3NO2S/c1-8(13(17)22)23-10-2-4-11(5-3-10)24-14-12(16)6-9(7-21-14)15(18,19)20/h2-8H,1H3. The van der Waals surface area contributed by atoms with E-state index in [4.69, 9.17) is 27.9 Å². The molecule has 0 aliphatic rings. The molecule has 0 N–H and O–H groups in total. The molecule has 2 rings (SSSR count). The second kappa shape index (κ2) is 7.63. The molecule has 9 heteroatoms. The van der Waals surface area contributed by atoms with Gasteiger partial charge in [-0.05, 0) is 48.9 Å². The molecule has 3 nitrogen and oxygen atoms in total. The lowest BCUT2D eigenvalue weighted by atomic mass is 10.3. The summed E-state index contributed by atoms with van der Waals surface area (Å²) in [6.45, 7) is 1.52. The first-order valence-corrected chi connectivity index (χ1v) is 8.10. The van der Waals surface area contributed by atoms with E-state index < -0.39 is 23.1 Å². The van der Waals surface area contributed by atoms with Crippen LogP contribution in [-0.4, -0.2) is 16.3 Å². The topological polar surface area (TPSA) is 39.2 Å². The number of aromatic nitrogens is 1. The van der Waals surface area contributed by atoms with Crippen molar-refractivity contribution in [3.63, 3.8) is 0 Å². The summed E-state index contributed by atoms with van der Waals surface area (Å²) >= 11 is 12.3. The van der Waals surface area contributed by atoms with E-state index in [9.17, 15) is 18.0 Å². The molecule has 0 fully saturated rings. The average Bonchev–Trinajstić information content (AvgIpc) is 2.50. The van der Waals surface area contributed by atoms with E-state index in [0.29, 0.717) is 10.6 Å². The van der Waals surface area contributed by atoms with E-state index in [0.717, 1.165) is 24.0 Å². The summed E-state index contributed by atoms with van der Waals surface area (Å²) < 4.78 is 43.0. The summed E-state index contributed by atoms with van der Waals surface area (Å²) in [4.78, 5) is 15.4. The molecule has 0 aliphatic heterocycles. The molecule has 128 valence electrons. The van der Waals surface area contributed by atoms with Crippen LogP contribution in [-0.2, 0) is 11.0 Å². The number of ether oxygens (including phenoxy) is 1. The smallest absolute Gasteiger partial charge is 0.417 e. The molecule has 0 saturated carbocycles. The minimum absolute atomic E-state index is 0.0866. The van der Waals surface area contributed by atoms with Gasteiger partial charge in [0.15, 0.2) is 6.10 Å². The molecule has 0 aliphatic carbocycles. The van der Waals surface area contributed by atoms with Gasteiger partial charge in [-0.25, -0.2) is 4.98 Å². The lowest BCUT2D eigenvalue weighted by molar-refractivity contribution is -0.137. The average molecular weight is 396 g/mol. The van der Waals surface area contributed by atoms with Crippen LogP contribution in [0.15, 0.2) is 46.5 Å². The Hall–Kier alpha value is -1.44. The fourth-order valence-electron chi connectivity index (χ4n) is 1.60. The molecule has 1 heterocycles. The van der Waals surface area contributed by atoms with Gasteiger partial charge in [-0.1, -0.05) is 23.4 Å². The Morgan fingerprint density at radius 3 is 2.42 bits per heavy atom. The van der Waals surface area contributed by atoms with E-state index >= 15 is 0 Å². The van der Waals surface area contributed by atoms with Crippen molar-refractivity contribution in [3.8, 4) is 5.75 Å². The van der Waals surface area contributed by atoms with Gasteiger partial charge in [0.05, 0.1) is 10.6 Å². The molecule has 0 spiro atoms. The fraction of sp³-hybridized carbons (Fsp3) is 0.200. The third-order valence-corrected chi connectivity index (χ3v) is 4.54. The quantitative estimate of drug-likeness (QED) is 0.632. The largest absolute Gasteiger partial charge is 0.482 e. The second-order valence-electron chi connectivity index (χ2n) is 4.65. The summed E-state index contributed by atoms with van der Waals surface area (Å²) in [5.41, 5.74) is -0.902. The Morgan fingerprint density at radius 1 is 1.29 bits per heavy atom. The third-order valence-electron chi connectivity index (χ3n) is 2.81. The number of hydrogen-bond donors (Lipinski definition) is 0. The zero-order valence-corrected chi connectivity index (χ0v) is 14.4. The first-order chi connectivity index (χ1) is 11.2. The molecule has 2 aromatic rings. The molecular formula is C15H10Cl2F3NO2S. The third kappa shape index (κ3) is 5.03. The molecule has 1 aromatic heterocycles. The summed E-state index contributed by atoms with van der Waals surface area (Å²) in [7, 11) is 0. The number of carbonyl (C=O) groups excluding carboxylic acids is 1. The van der Waals surface area contributed by atoms with Gasteiger partial charge in [0.1, 0.15) is 10.8 Å². The van der Waals surface area contributed by atoms with Gasteiger partial charge in [-0.3, -0.25) is 4.79 Å². The number of nitrogens with zero attached hydrogens (tertiary/aromatic N) is 1. The van der Waals surface area contributed by atoms with Gasteiger partial charge in [0.2, 0.25) is 0 Å². The predicted octanol–water partition coefficient (Wildman–Crippen LogP) is 5.44. The Morgan fingerprint density at radius 2 is 1.92 bits per heavy atom. The zero-order valence-electron chi connectivity index (χ0n) is 12.1. The number of halogens is 5. The van der Waals surface area contributed by atoms with Crippen molar-refractivity contribution in [3.05, 3.63) is 47.1 Å². The molecule has 0 bridgehead atoms. The van der Waals surface area contributed by atoms with E-state index in [1.807, 2.05) is 0 Å². The van der Waals surface area contributed by atoms with Crippen LogP contribution in [0.25, 0.3) is 0 Å². The van der Waals surface area contributed by atoms with Gasteiger partial charge in [-0.15, -0.1) is 0 Å². The Bertz CT molecular complexity index is 738. The van der Waals surface area contributed by atoms with E-state index in [2.05, 4.69) is 4.98 Å². The van der Waals surface area contributed by atoms with Crippen LogP contribution in [0.2, 0.25) is 5.02 Å².